The van der Waals surface area contributed by atoms with Gasteiger partial charge in [-0.25, -0.2) is 4.98 Å². The maximum absolute atomic E-state index is 11.6. The molecule has 0 bridgehead atoms. The van der Waals surface area contributed by atoms with Gasteiger partial charge in [-0.3, -0.25) is 9.79 Å². The van der Waals surface area contributed by atoms with Crippen LogP contribution in [0.25, 0.3) is 11.0 Å². The van der Waals surface area contributed by atoms with E-state index in [1.165, 1.54) is 17.3 Å². The van der Waals surface area contributed by atoms with Crippen molar-refractivity contribution < 1.29 is 6.22 Å². The number of rotatable bonds is 9. The molecule has 0 atom stereocenters. The quantitative estimate of drug-likeness (QED) is 0.658. The molecule has 0 saturated heterocycles. The Bertz CT molecular complexity index is 825. The minimum absolute atomic E-state index is 0. The van der Waals surface area contributed by atoms with Gasteiger partial charge in [-0.05, 0) is 12.0 Å². The molecular formula is C19H31N7O. The SMILES string of the molecule is CCC(CC)Cn1ccc2cnc(N/C(C=NCC(=O)N(C)C)=C/N)nc21.[HH]. The summed E-state index contributed by atoms with van der Waals surface area (Å²) >= 11 is 0. The largest absolute Gasteiger partial charge is 0.403 e. The van der Waals surface area contributed by atoms with Crippen molar-refractivity contribution in [2.45, 2.75) is 33.2 Å². The summed E-state index contributed by atoms with van der Waals surface area (Å²) in [5, 5.41) is 4.04. The van der Waals surface area contributed by atoms with E-state index in [1.807, 2.05) is 6.07 Å². The van der Waals surface area contributed by atoms with E-state index in [-0.39, 0.29) is 13.9 Å². The number of nitrogens with zero attached hydrogens (tertiary/aromatic N) is 5. The van der Waals surface area contributed by atoms with Gasteiger partial charge in [0.2, 0.25) is 11.9 Å². The molecule has 3 N–H and O–H groups in total. The predicted molar refractivity (Wildman–Crippen MR) is 112 cm³/mol. The fourth-order valence-corrected chi connectivity index (χ4v) is 2.61. The number of aromatic nitrogens is 3. The zero-order chi connectivity index (χ0) is 19.8. The first-order valence-corrected chi connectivity index (χ1v) is 9.19. The van der Waals surface area contributed by atoms with Gasteiger partial charge in [-0.15, -0.1) is 0 Å². The van der Waals surface area contributed by atoms with Crippen LogP contribution in [0.3, 0.4) is 0 Å². The molecule has 0 aromatic carbocycles. The Kier molecular flexibility index (Phi) is 7.34. The fourth-order valence-electron chi connectivity index (χ4n) is 2.61. The molecule has 0 spiro atoms. The van der Waals surface area contributed by atoms with Gasteiger partial charge in [-0.1, -0.05) is 26.7 Å². The Labute approximate surface area is 161 Å². The van der Waals surface area contributed by atoms with Crippen molar-refractivity contribution in [1.29, 1.82) is 0 Å². The number of likely N-dealkylation sites (N-methyl/N-ethyl adjacent to an activating group) is 1. The Morgan fingerprint density at radius 1 is 1.44 bits per heavy atom. The summed E-state index contributed by atoms with van der Waals surface area (Å²) in [4.78, 5) is 26.1. The lowest BCUT2D eigenvalue weighted by Gasteiger charge is -2.14. The summed E-state index contributed by atoms with van der Waals surface area (Å²) in [6.07, 6.45) is 8.99. The highest BCUT2D eigenvalue weighted by Gasteiger charge is 2.10. The van der Waals surface area contributed by atoms with Crippen LogP contribution >= 0.6 is 0 Å². The summed E-state index contributed by atoms with van der Waals surface area (Å²) in [5.74, 6) is 0.974. The molecule has 2 heterocycles. The van der Waals surface area contributed by atoms with Crippen LogP contribution in [0.1, 0.15) is 28.1 Å². The summed E-state index contributed by atoms with van der Waals surface area (Å²) < 4.78 is 2.16. The van der Waals surface area contributed by atoms with Crippen LogP contribution in [0.2, 0.25) is 0 Å². The maximum Gasteiger partial charge on any atom is 0.243 e. The van der Waals surface area contributed by atoms with Crippen LogP contribution in [0, 0.1) is 5.92 Å². The zero-order valence-electron chi connectivity index (χ0n) is 16.5. The third-order valence-electron chi connectivity index (χ3n) is 4.50. The maximum atomic E-state index is 11.6. The number of hydrogen-bond acceptors (Lipinski definition) is 6. The number of carbonyl (C=O) groups excluding carboxylic acids is 1. The molecule has 2 aromatic rings. The fraction of sp³-hybridized carbons (Fsp3) is 0.474. The molecule has 27 heavy (non-hydrogen) atoms. The van der Waals surface area contributed by atoms with Gasteiger partial charge in [0.15, 0.2) is 0 Å². The molecule has 0 aliphatic carbocycles. The van der Waals surface area contributed by atoms with Gasteiger partial charge in [0.25, 0.3) is 0 Å². The highest BCUT2D eigenvalue weighted by Crippen LogP contribution is 2.19. The normalized spacial score (nSPS) is 12.3. The van der Waals surface area contributed by atoms with Gasteiger partial charge in [-0.2, -0.15) is 4.98 Å². The van der Waals surface area contributed by atoms with E-state index in [0.717, 1.165) is 30.4 Å². The number of hydrogen-bond donors (Lipinski definition) is 2. The van der Waals surface area contributed by atoms with Crippen molar-refractivity contribution in [3.8, 4) is 0 Å². The number of allylic oxidation sites excluding steroid dienone is 1. The minimum atomic E-state index is -0.0838. The molecule has 0 unspecified atom stereocenters. The van der Waals surface area contributed by atoms with Gasteiger partial charge < -0.3 is 20.5 Å². The second-order valence-electron chi connectivity index (χ2n) is 6.63. The molecule has 0 radical (unpaired) electrons. The number of nitrogens with one attached hydrogen (secondary N) is 1. The Hall–Kier alpha value is -2.90. The number of aliphatic imine (C=N–C) groups is 1. The van der Waals surface area contributed by atoms with Crippen LogP contribution in [0.4, 0.5) is 5.95 Å². The van der Waals surface area contributed by atoms with Gasteiger partial charge in [0, 0.05) is 52.3 Å². The Balaban J connectivity index is 0.00000392. The third-order valence-corrected chi connectivity index (χ3v) is 4.50. The van der Waals surface area contributed by atoms with E-state index >= 15 is 0 Å². The molecule has 1 amide bonds. The first-order valence-electron chi connectivity index (χ1n) is 9.19. The van der Waals surface area contributed by atoms with E-state index in [9.17, 15) is 4.79 Å². The van der Waals surface area contributed by atoms with Crippen LogP contribution in [0.15, 0.2) is 35.3 Å². The first-order chi connectivity index (χ1) is 13.0. The molecule has 8 heteroatoms. The lowest BCUT2D eigenvalue weighted by atomic mass is 10.0. The average molecular weight is 374 g/mol. The van der Waals surface area contributed by atoms with Crippen molar-refractivity contribution in [2.75, 3.05) is 26.0 Å². The second-order valence-corrected chi connectivity index (χ2v) is 6.63. The Morgan fingerprint density at radius 3 is 2.81 bits per heavy atom. The van der Waals surface area contributed by atoms with Crippen molar-refractivity contribution in [2.24, 2.45) is 16.6 Å². The van der Waals surface area contributed by atoms with E-state index in [1.54, 1.807) is 20.3 Å². The Morgan fingerprint density at radius 2 is 2.19 bits per heavy atom. The predicted octanol–water partition coefficient (Wildman–Crippen LogP) is 2.48. The highest BCUT2D eigenvalue weighted by molar-refractivity contribution is 5.86. The number of anilines is 1. The first kappa shape index (κ1) is 20.4. The van der Waals surface area contributed by atoms with Gasteiger partial charge in [0.05, 0.1) is 5.70 Å². The second kappa shape index (κ2) is 9.70. The van der Waals surface area contributed by atoms with E-state index in [2.05, 4.69) is 44.9 Å². The lowest BCUT2D eigenvalue weighted by Crippen LogP contribution is -2.24. The smallest absolute Gasteiger partial charge is 0.243 e. The van der Waals surface area contributed by atoms with E-state index < -0.39 is 0 Å². The van der Waals surface area contributed by atoms with Crippen molar-refractivity contribution in [3.63, 3.8) is 0 Å². The molecule has 0 saturated carbocycles. The number of fused-ring (bicyclic) bond motifs is 1. The molecule has 2 aromatic heterocycles. The van der Waals surface area contributed by atoms with Crippen molar-refractivity contribution in [3.05, 3.63) is 30.4 Å². The monoisotopic (exact) mass is 373 g/mol. The molecule has 2 rings (SSSR count). The van der Waals surface area contributed by atoms with E-state index in [0.29, 0.717) is 17.6 Å². The van der Waals surface area contributed by atoms with Crippen LogP contribution in [-0.4, -0.2) is 52.2 Å². The summed E-state index contributed by atoms with van der Waals surface area (Å²) in [6.45, 7) is 5.41. The molecular weight excluding hydrogens is 342 g/mol. The van der Waals surface area contributed by atoms with Crippen LogP contribution < -0.4 is 11.1 Å². The minimum Gasteiger partial charge on any atom is -0.403 e. The topological polar surface area (TPSA) is 101 Å². The number of nitrogens with two attached hydrogens (primary N) is 1. The number of carbonyl (C=O) groups is 1. The van der Waals surface area contributed by atoms with Gasteiger partial charge in [0.1, 0.15) is 12.2 Å². The standard InChI is InChI=1S/C19H29N7O.H2/c1-5-14(6-2)13-26-8-7-15-10-22-19(24-18(15)26)23-16(9-20)11-21-12-17(27)25(3)4;/h7-11,14H,5-6,12-13,20H2,1-4H3,(H,22,23,24);1H/b16-9+,21-11?;. The molecule has 0 aliphatic heterocycles. The summed E-state index contributed by atoms with van der Waals surface area (Å²) in [5.41, 5.74) is 7.06. The van der Waals surface area contributed by atoms with Gasteiger partial charge >= 0.3 is 0 Å². The van der Waals surface area contributed by atoms with E-state index in [4.69, 9.17) is 5.73 Å². The molecule has 8 nitrogen and oxygen atoms in total. The van der Waals surface area contributed by atoms with Crippen LogP contribution in [0.5, 0.6) is 0 Å². The van der Waals surface area contributed by atoms with Crippen molar-refractivity contribution >= 4 is 29.1 Å². The van der Waals surface area contributed by atoms with Crippen molar-refractivity contribution in [1.82, 2.24) is 19.4 Å². The molecule has 0 aliphatic rings. The lowest BCUT2D eigenvalue weighted by molar-refractivity contribution is -0.127. The third kappa shape index (κ3) is 5.54. The molecule has 148 valence electrons. The summed E-state index contributed by atoms with van der Waals surface area (Å²) in [7, 11) is 3.38. The highest BCUT2D eigenvalue weighted by atomic mass is 16.2. The number of amides is 1. The average Bonchev–Trinajstić information content (AvgIpc) is 3.06. The molecule has 0 fully saturated rings. The van der Waals surface area contributed by atoms with Crippen LogP contribution in [-0.2, 0) is 11.3 Å². The summed E-state index contributed by atoms with van der Waals surface area (Å²) in [6, 6.07) is 2.02. The zero-order valence-corrected chi connectivity index (χ0v) is 16.5.